The van der Waals surface area contributed by atoms with Crippen LogP contribution in [0.1, 0.15) is 39.0 Å². The zero-order valence-electron chi connectivity index (χ0n) is 9.91. The molecule has 1 heterocycles. The third kappa shape index (κ3) is 6.88. The van der Waals surface area contributed by atoms with E-state index in [9.17, 15) is 0 Å². The van der Waals surface area contributed by atoms with Gasteiger partial charge in [-0.2, -0.15) is 0 Å². The van der Waals surface area contributed by atoms with Crippen LogP contribution in [0.15, 0.2) is 0 Å². The van der Waals surface area contributed by atoms with Gasteiger partial charge in [0.25, 0.3) is 0 Å². The summed E-state index contributed by atoms with van der Waals surface area (Å²) >= 11 is 0. The number of unbranched alkanes of at least 4 members (excludes halogenated alkanes) is 1. The van der Waals surface area contributed by atoms with Crippen LogP contribution in [0.4, 0.5) is 0 Å². The molecule has 1 aliphatic heterocycles. The molecule has 1 fully saturated rings. The summed E-state index contributed by atoms with van der Waals surface area (Å²) in [4.78, 5) is 0. The Labute approximate surface area is 93.3 Å². The maximum absolute atomic E-state index is 5.67. The fourth-order valence-electron chi connectivity index (χ4n) is 1.83. The highest BCUT2D eigenvalue weighted by Crippen LogP contribution is 2.14. The smallest absolute Gasteiger partial charge is 0.0495 e. The Morgan fingerprint density at radius 3 is 2.73 bits per heavy atom. The Balaban J connectivity index is 1.83. The maximum Gasteiger partial charge on any atom is 0.0495 e. The Morgan fingerprint density at radius 1 is 1.33 bits per heavy atom. The average molecular weight is 215 g/mol. The minimum Gasteiger partial charge on any atom is -0.381 e. The van der Waals surface area contributed by atoms with Crippen LogP contribution in [0.25, 0.3) is 0 Å². The molecular formula is C12H25NO2. The number of ether oxygens (including phenoxy) is 2. The maximum atomic E-state index is 5.67. The van der Waals surface area contributed by atoms with Crippen LogP contribution in [0, 0.1) is 5.92 Å². The molecule has 3 nitrogen and oxygen atoms in total. The molecule has 1 aliphatic rings. The summed E-state index contributed by atoms with van der Waals surface area (Å²) in [6, 6.07) is 0.334. The van der Waals surface area contributed by atoms with Crippen LogP contribution in [0.2, 0.25) is 0 Å². The van der Waals surface area contributed by atoms with Crippen molar-refractivity contribution in [3.63, 3.8) is 0 Å². The first-order chi connectivity index (χ1) is 7.29. The fraction of sp³-hybridized carbons (Fsp3) is 1.00. The summed E-state index contributed by atoms with van der Waals surface area (Å²) in [5.74, 6) is 0.729. The molecule has 0 spiro atoms. The first kappa shape index (κ1) is 12.9. The largest absolute Gasteiger partial charge is 0.381 e. The Hall–Kier alpha value is -0.120. The van der Waals surface area contributed by atoms with E-state index in [0.717, 1.165) is 45.2 Å². The number of rotatable bonds is 7. The molecule has 3 heteroatoms. The first-order valence-electron chi connectivity index (χ1n) is 6.20. The normalized spacial score (nSPS) is 20.4. The molecule has 0 amide bonds. The highest BCUT2D eigenvalue weighted by molar-refractivity contribution is 4.62. The van der Waals surface area contributed by atoms with E-state index in [0.29, 0.717) is 6.04 Å². The summed E-state index contributed by atoms with van der Waals surface area (Å²) in [5, 5.41) is 0. The van der Waals surface area contributed by atoms with E-state index in [1.807, 2.05) is 0 Å². The van der Waals surface area contributed by atoms with Crippen molar-refractivity contribution in [1.29, 1.82) is 0 Å². The van der Waals surface area contributed by atoms with Gasteiger partial charge in [-0.15, -0.1) is 0 Å². The third-order valence-electron chi connectivity index (χ3n) is 2.89. The van der Waals surface area contributed by atoms with Crippen LogP contribution in [-0.2, 0) is 9.47 Å². The zero-order chi connectivity index (χ0) is 10.9. The lowest BCUT2D eigenvalue weighted by molar-refractivity contribution is 0.0198. The molecule has 1 saturated heterocycles. The monoisotopic (exact) mass is 215 g/mol. The summed E-state index contributed by atoms with van der Waals surface area (Å²) in [5.41, 5.74) is 5.67. The molecule has 15 heavy (non-hydrogen) atoms. The van der Waals surface area contributed by atoms with Gasteiger partial charge in [-0.25, -0.2) is 0 Å². The molecule has 1 unspecified atom stereocenters. The lowest BCUT2D eigenvalue weighted by Gasteiger charge is -2.21. The second-order valence-electron chi connectivity index (χ2n) is 4.60. The molecule has 0 saturated carbocycles. The van der Waals surface area contributed by atoms with Gasteiger partial charge in [0, 0.05) is 32.5 Å². The van der Waals surface area contributed by atoms with Gasteiger partial charge in [0.2, 0.25) is 0 Å². The van der Waals surface area contributed by atoms with Gasteiger partial charge >= 0.3 is 0 Å². The Bertz CT molecular complexity index is 145. The highest BCUT2D eigenvalue weighted by atomic mass is 16.5. The lowest BCUT2D eigenvalue weighted by atomic mass is 10.0. The van der Waals surface area contributed by atoms with Crippen molar-refractivity contribution in [1.82, 2.24) is 0 Å². The number of hydrogen-bond acceptors (Lipinski definition) is 3. The molecule has 0 radical (unpaired) electrons. The fourth-order valence-corrected chi connectivity index (χ4v) is 1.83. The Morgan fingerprint density at radius 2 is 2.07 bits per heavy atom. The van der Waals surface area contributed by atoms with Gasteiger partial charge < -0.3 is 15.2 Å². The van der Waals surface area contributed by atoms with Gasteiger partial charge in [0.15, 0.2) is 0 Å². The van der Waals surface area contributed by atoms with E-state index in [1.165, 1.54) is 19.3 Å². The van der Waals surface area contributed by atoms with Crippen LogP contribution in [0.5, 0.6) is 0 Å². The van der Waals surface area contributed by atoms with E-state index in [1.54, 1.807) is 0 Å². The molecule has 0 aromatic heterocycles. The van der Waals surface area contributed by atoms with Crippen LogP contribution < -0.4 is 5.73 Å². The molecule has 2 N–H and O–H groups in total. The number of hydrogen-bond donors (Lipinski definition) is 1. The van der Waals surface area contributed by atoms with E-state index in [4.69, 9.17) is 15.2 Å². The van der Waals surface area contributed by atoms with E-state index in [2.05, 4.69) is 6.92 Å². The molecule has 0 aromatic rings. The number of nitrogens with two attached hydrogens (primary N) is 1. The first-order valence-corrected chi connectivity index (χ1v) is 6.20. The second-order valence-corrected chi connectivity index (χ2v) is 4.60. The lowest BCUT2D eigenvalue weighted by Crippen LogP contribution is -2.20. The van der Waals surface area contributed by atoms with Gasteiger partial charge in [-0.3, -0.25) is 0 Å². The quantitative estimate of drug-likeness (QED) is 0.660. The topological polar surface area (TPSA) is 44.5 Å². The van der Waals surface area contributed by atoms with E-state index < -0.39 is 0 Å². The minimum atomic E-state index is 0.334. The van der Waals surface area contributed by atoms with E-state index >= 15 is 0 Å². The summed E-state index contributed by atoms with van der Waals surface area (Å²) in [6.07, 6.45) is 5.77. The Kier molecular flexibility index (Phi) is 6.98. The zero-order valence-corrected chi connectivity index (χ0v) is 9.91. The van der Waals surface area contributed by atoms with Gasteiger partial charge in [-0.1, -0.05) is 0 Å². The van der Waals surface area contributed by atoms with Gasteiger partial charge in [0.1, 0.15) is 0 Å². The van der Waals surface area contributed by atoms with E-state index in [-0.39, 0.29) is 0 Å². The molecule has 0 bridgehead atoms. The van der Waals surface area contributed by atoms with Crippen molar-refractivity contribution < 1.29 is 9.47 Å². The highest BCUT2D eigenvalue weighted by Gasteiger charge is 2.13. The summed E-state index contributed by atoms with van der Waals surface area (Å²) in [7, 11) is 0. The molecule has 0 aliphatic carbocycles. The predicted molar refractivity (Wildman–Crippen MR) is 61.9 cm³/mol. The van der Waals surface area contributed by atoms with Gasteiger partial charge in [-0.05, 0) is 44.9 Å². The van der Waals surface area contributed by atoms with Crippen molar-refractivity contribution in [2.24, 2.45) is 11.7 Å². The van der Waals surface area contributed by atoms with Crippen LogP contribution >= 0.6 is 0 Å². The van der Waals surface area contributed by atoms with Crippen molar-refractivity contribution in [3.05, 3.63) is 0 Å². The predicted octanol–water partition coefficient (Wildman–Crippen LogP) is 1.95. The SMILES string of the molecule is CC(N)CCCCOCC1CCOCC1. The summed E-state index contributed by atoms with van der Waals surface area (Å²) in [6.45, 7) is 5.70. The van der Waals surface area contributed by atoms with Crippen molar-refractivity contribution in [2.75, 3.05) is 26.4 Å². The van der Waals surface area contributed by atoms with Crippen molar-refractivity contribution >= 4 is 0 Å². The second kappa shape index (κ2) is 8.08. The van der Waals surface area contributed by atoms with Crippen molar-refractivity contribution in [2.45, 2.75) is 45.1 Å². The van der Waals surface area contributed by atoms with Crippen molar-refractivity contribution in [3.8, 4) is 0 Å². The van der Waals surface area contributed by atoms with Gasteiger partial charge in [0.05, 0.1) is 0 Å². The molecule has 1 atom stereocenters. The molecular weight excluding hydrogens is 190 g/mol. The molecule has 0 aromatic carbocycles. The third-order valence-corrected chi connectivity index (χ3v) is 2.89. The molecule has 1 rings (SSSR count). The average Bonchev–Trinajstić information content (AvgIpc) is 2.24. The van der Waals surface area contributed by atoms with Crippen LogP contribution in [-0.4, -0.2) is 32.5 Å². The van der Waals surface area contributed by atoms with Crippen LogP contribution in [0.3, 0.4) is 0 Å². The molecule has 90 valence electrons. The minimum absolute atomic E-state index is 0.334. The summed E-state index contributed by atoms with van der Waals surface area (Å²) < 4.78 is 11.0. The standard InChI is InChI=1S/C12H25NO2/c1-11(13)4-2-3-7-15-10-12-5-8-14-9-6-12/h11-12H,2-10,13H2,1H3.